The summed E-state index contributed by atoms with van der Waals surface area (Å²) in [5.41, 5.74) is 7.55. The molecule has 12 heteroatoms. The third kappa shape index (κ3) is 6.20. The van der Waals surface area contributed by atoms with Crippen molar-refractivity contribution in [1.29, 1.82) is 0 Å². The SMILES string of the molecule is Cc1nc(-c2ccccc2)sc1C(=O)N1CC[C@@H](C(=O)N2CCC(O)(Cn3cnc4ccc(N)nc4c3=O)CC2)[C@H](c2ccccc2)C1. The summed E-state index contributed by atoms with van der Waals surface area (Å²) in [7, 11) is 0. The normalized spacial score (nSPS) is 19.4. The summed E-state index contributed by atoms with van der Waals surface area (Å²) in [6.45, 7) is 3.52. The van der Waals surface area contributed by atoms with Crippen LogP contribution in [0.3, 0.4) is 0 Å². The zero-order chi connectivity index (χ0) is 33.4. The highest BCUT2D eigenvalue weighted by Gasteiger charge is 2.42. The van der Waals surface area contributed by atoms with E-state index < -0.39 is 5.60 Å². The summed E-state index contributed by atoms with van der Waals surface area (Å²) >= 11 is 1.41. The van der Waals surface area contributed by atoms with Crippen LogP contribution >= 0.6 is 11.3 Å². The van der Waals surface area contributed by atoms with Crippen molar-refractivity contribution in [3.63, 3.8) is 0 Å². The Morgan fingerprint density at radius 1 is 0.958 bits per heavy atom. The fourth-order valence-corrected chi connectivity index (χ4v) is 7.97. The van der Waals surface area contributed by atoms with Gasteiger partial charge in [0.1, 0.15) is 15.7 Å². The van der Waals surface area contributed by atoms with Gasteiger partial charge in [0.15, 0.2) is 5.52 Å². The minimum absolute atomic E-state index is 0.0301. The number of carbonyl (C=O) groups excluding carboxylic acids is 2. The zero-order valence-electron chi connectivity index (χ0n) is 26.7. The molecule has 2 fully saturated rings. The third-order valence-corrected chi connectivity index (χ3v) is 10.8. The molecule has 2 aromatic carbocycles. The number of anilines is 1. The number of amides is 2. The number of hydrogen-bond donors (Lipinski definition) is 2. The number of nitrogens with two attached hydrogens (primary N) is 1. The van der Waals surface area contributed by atoms with Crippen LogP contribution in [-0.4, -0.2) is 78.0 Å². The number of fused-ring (bicyclic) bond motifs is 1. The highest BCUT2D eigenvalue weighted by molar-refractivity contribution is 7.17. The van der Waals surface area contributed by atoms with E-state index in [1.807, 2.05) is 77.4 Å². The van der Waals surface area contributed by atoms with Crippen molar-refractivity contribution in [2.45, 2.75) is 44.2 Å². The smallest absolute Gasteiger partial charge is 0.280 e. The van der Waals surface area contributed by atoms with E-state index in [1.54, 1.807) is 12.1 Å². The van der Waals surface area contributed by atoms with Crippen LogP contribution in [0.25, 0.3) is 21.6 Å². The first kappa shape index (κ1) is 31.6. The topological polar surface area (TPSA) is 148 Å². The summed E-state index contributed by atoms with van der Waals surface area (Å²) < 4.78 is 1.37. The van der Waals surface area contributed by atoms with Crippen LogP contribution in [0.2, 0.25) is 0 Å². The van der Waals surface area contributed by atoms with Gasteiger partial charge < -0.3 is 20.6 Å². The molecule has 0 spiro atoms. The number of rotatable bonds is 6. The number of benzene rings is 2. The molecule has 2 aliphatic heterocycles. The van der Waals surface area contributed by atoms with E-state index in [4.69, 9.17) is 10.7 Å². The van der Waals surface area contributed by atoms with E-state index in [9.17, 15) is 19.5 Å². The molecule has 3 aromatic heterocycles. The largest absolute Gasteiger partial charge is 0.388 e. The van der Waals surface area contributed by atoms with E-state index in [2.05, 4.69) is 9.97 Å². The highest BCUT2D eigenvalue weighted by Crippen LogP contribution is 2.37. The number of pyridine rings is 1. The van der Waals surface area contributed by atoms with Gasteiger partial charge in [0, 0.05) is 43.6 Å². The highest BCUT2D eigenvalue weighted by atomic mass is 32.1. The predicted octanol–water partition coefficient (Wildman–Crippen LogP) is 4.11. The first-order valence-corrected chi connectivity index (χ1v) is 17.0. The average molecular weight is 664 g/mol. The molecule has 0 bridgehead atoms. The quantitative estimate of drug-likeness (QED) is 0.276. The van der Waals surface area contributed by atoms with Crippen LogP contribution in [-0.2, 0) is 11.3 Å². The van der Waals surface area contributed by atoms with Gasteiger partial charge in [-0.25, -0.2) is 15.0 Å². The van der Waals surface area contributed by atoms with Gasteiger partial charge in [-0.3, -0.25) is 19.0 Å². The lowest BCUT2D eigenvalue weighted by Gasteiger charge is -2.43. The molecular formula is C36H37N7O4S. The van der Waals surface area contributed by atoms with Gasteiger partial charge in [0.2, 0.25) is 5.91 Å². The number of carbonyl (C=O) groups is 2. The monoisotopic (exact) mass is 663 g/mol. The van der Waals surface area contributed by atoms with Gasteiger partial charge >= 0.3 is 0 Å². The third-order valence-electron chi connectivity index (χ3n) is 9.62. The van der Waals surface area contributed by atoms with Gasteiger partial charge in [-0.1, -0.05) is 60.7 Å². The molecule has 5 aromatic rings. The zero-order valence-corrected chi connectivity index (χ0v) is 27.5. The van der Waals surface area contributed by atoms with Crippen molar-refractivity contribution in [3.05, 3.63) is 106 Å². The van der Waals surface area contributed by atoms with Crippen molar-refractivity contribution >= 4 is 40.0 Å². The van der Waals surface area contributed by atoms with Crippen molar-refractivity contribution in [3.8, 4) is 10.6 Å². The maximum Gasteiger partial charge on any atom is 0.280 e. The summed E-state index contributed by atoms with van der Waals surface area (Å²) in [5, 5.41) is 12.3. The Balaban J connectivity index is 1.05. The molecule has 246 valence electrons. The van der Waals surface area contributed by atoms with Crippen molar-refractivity contribution < 1.29 is 14.7 Å². The number of hydrogen-bond acceptors (Lipinski definition) is 9. The summed E-state index contributed by atoms with van der Waals surface area (Å²) in [5.74, 6) is -0.291. The van der Waals surface area contributed by atoms with Gasteiger partial charge in [-0.2, -0.15) is 0 Å². The molecule has 2 saturated heterocycles. The molecule has 2 atom stereocenters. The van der Waals surface area contributed by atoms with Crippen LogP contribution < -0.4 is 11.3 Å². The molecule has 0 unspecified atom stereocenters. The number of likely N-dealkylation sites (tertiary alicyclic amines) is 2. The fourth-order valence-electron chi connectivity index (χ4n) is 6.93. The molecule has 5 heterocycles. The van der Waals surface area contributed by atoms with E-state index in [0.29, 0.717) is 61.5 Å². The second kappa shape index (κ2) is 12.9. The van der Waals surface area contributed by atoms with Crippen molar-refractivity contribution in [2.75, 3.05) is 31.9 Å². The minimum atomic E-state index is -1.18. The van der Waals surface area contributed by atoms with E-state index in [1.165, 1.54) is 22.2 Å². The Morgan fingerprint density at radius 3 is 2.40 bits per heavy atom. The lowest BCUT2D eigenvalue weighted by atomic mass is 9.79. The predicted molar refractivity (Wildman–Crippen MR) is 184 cm³/mol. The van der Waals surface area contributed by atoms with Gasteiger partial charge in [-0.05, 0) is 43.9 Å². The molecule has 48 heavy (non-hydrogen) atoms. The Bertz CT molecular complexity index is 2020. The average Bonchev–Trinajstić information content (AvgIpc) is 3.51. The molecule has 7 rings (SSSR count). The number of nitrogen functional groups attached to an aromatic ring is 1. The second-order valence-electron chi connectivity index (χ2n) is 12.8. The Labute approximate surface area is 281 Å². The van der Waals surface area contributed by atoms with Crippen molar-refractivity contribution in [2.24, 2.45) is 5.92 Å². The van der Waals surface area contributed by atoms with Gasteiger partial charge in [-0.15, -0.1) is 11.3 Å². The Morgan fingerprint density at radius 2 is 1.67 bits per heavy atom. The second-order valence-corrected chi connectivity index (χ2v) is 13.8. The molecule has 2 amide bonds. The standard InChI is InChI=1S/C36H37N7O4S/c1-23-31(48-32(39-23)25-10-6-3-7-11-25)35(46)42-17-14-26(27(20-42)24-8-4-2-5-9-24)33(44)41-18-15-36(47,16-19-41)21-43-22-38-28-12-13-29(37)40-30(28)34(43)45/h2-13,22,26-27,47H,14-21H2,1H3,(H2,37,40)/t26-,27+/m1/s1. The van der Waals surface area contributed by atoms with Crippen LogP contribution in [0.4, 0.5) is 5.82 Å². The molecule has 0 radical (unpaired) electrons. The fraction of sp³-hybridized carbons (Fsp3) is 0.333. The van der Waals surface area contributed by atoms with E-state index in [-0.39, 0.29) is 47.1 Å². The molecule has 2 aliphatic rings. The maximum absolute atomic E-state index is 14.1. The summed E-state index contributed by atoms with van der Waals surface area (Å²) in [6, 6.07) is 23.0. The lowest BCUT2D eigenvalue weighted by Crippen LogP contribution is -2.53. The molecule has 0 saturated carbocycles. The number of piperidine rings is 2. The number of aliphatic hydroxyl groups is 1. The maximum atomic E-state index is 14.1. The van der Waals surface area contributed by atoms with E-state index >= 15 is 0 Å². The Kier molecular flexibility index (Phi) is 8.52. The first-order valence-electron chi connectivity index (χ1n) is 16.2. The number of thiazole rings is 1. The van der Waals surface area contributed by atoms with Crippen LogP contribution in [0.1, 0.15) is 46.1 Å². The Hall–Kier alpha value is -4.94. The first-order chi connectivity index (χ1) is 23.2. The molecule has 3 N–H and O–H groups in total. The summed E-state index contributed by atoms with van der Waals surface area (Å²) in [4.78, 5) is 58.6. The van der Waals surface area contributed by atoms with Gasteiger partial charge in [0.25, 0.3) is 11.5 Å². The summed E-state index contributed by atoms with van der Waals surface area (Å²) in [6.07, 6.45) is 2.58. The molecular weight excluding hydrogens is 627 g/mol. The van der Waals surface area contributed by atoms with Crippen LogP contribution in [0.15, 0.2) is 83.9 Å². The van der Waals surface area contributed by atoms with Crippen LogP contribution in [0.5, 0.6) is 0 Å². The number of aromatic nitrogens is 4. The van der Waals surface area contributed by atoms with Gasteiger partial charge in [0.05, 0.1) is 29.7 Å². The minimum Gasteiger partial charge on any atom is -0.388 e. The lowest BCUT2D eigenvalue weighted by molar-refractivity contribution is -0.142. The van der Waals surface area contributed by atoms with Crippen molar-refractivity contribution in [1.82, 2.24) is 29.3 Å². The van der Waals surface area contributed by atoms with Crippen LogP contribution in [0, 0.1) is 12.8 Å². The molecule has 11 nitrogen and oxygen atoms in total. The van der Waals surface area contributed by atoms with E-state index in [0.717, 1.165) is 16.1 Å². The number of nitrogens with zero attached hydrogens (tertiary/aromatic N) is 6. The molecule has 0 aliphatic carbocycles. The number of aryl methyl sites for hydroxylation is 1.